The molecule has 88 valence electrons. The summed E-state index contributed by atoms with van der Waals surface area (Å²) in [6.07, 6.45) is 7.78. The van der Waals surface area contributed by atoms with Crippen LogP contribution >= 0.6 is 0 Å². The number of aromatic nitrogens is 2. The van der Waals surface area contributed by atoms with Gasteiger partial charge in [-0.05, 0) is 42.9 Å². The van der Waals surface area contributed by atoms with Crippen molar-refractivity contribution in [1.29, 1.82) is 0 Å². The van der Waals surface area contributed by atoms with Crippen LogP contribution in [0.25, 0.3) is 0 Å². The van der Waals surface area contributed by atoms with Crippen molar-refractivity contribution in [3.05, 3.63) is 12.3 Å². The monoisotopic (exact) mass is 219 g/mol. The van der Waals surface area contributed by atoms with Gasteiger partial charge >= 0.3 is 0 Å². The standard InChI is InChI=1S/C13H21N3/c1-13-5-3-10(8-13)7-11(13)9-14-12-4-6-16(2)15-12/h4,6,10-11H,3,5,7-9H2,1-2H3,(H,14,15)/t10-,11?,13+/m0/s1. The second kappa shape index (κ2) is 3.51. The molecule has 3 nitrogen and oxygen atoms in total. The molecule has 1 unspecified atom stereocenters. The molecular formula is C13H21N3. The summed E-state index contributed by atoms with van der Waals surface area (Å²) in [5.74, 6) is 2.89. The lowest BCUT2D eigenvalue weighted by atomic mass is 9.76. The molecule has 2 aliphatic carbocycles. The van der Waals surface area contributed by atoms with E-state index in [9.17, 15) is 0 Å². The molecule has 0 radical (unpaired) electrons. The van der Waals surface area contributed by atoms with E-state index in [1.807, 2.05) is 17.9 Å². The van der Waals surface area contributed by atoms with Gasteiger partial charge in [0.2, 0.25) is 0 Å². The van der Waals surface area contributed by atoms with Crippen molar-refractivity contribution in [3.63, 3.8) is 0 Å². The van der Waals surface area contributed by atoms with E-state index in [0.717, 1.165) is 24.2 Å². The summed E-state index contributed by atoms with van der Waals surface area (Å²) in [5, 5.41) is 7.85. The number of nitrogens with one attached hydrogen (secondary N) is 1. The van der Waals surface area contributed by atoms with Crippen molar-refractivity contribution in [2.45, 2.75) is 32.6 Å². The van der Waals surface area contributed by atoms with Gasteiger partial charge in [0.1, 0.15) is 5.82 Å². The Labute approximate surface area is 97.2 Å². The molecule has 16 heavy (non-hydrogen) atoms. The van der Waals surface area contributed by atoms with Crippen LogP contribution in [0, 0.1) is 17.3 Å². The molecule has 1 aromatic rings. The number of rotatable bonds is 3. The van der Waals surface area contributed by atoms with Crippen LogP contribution < -0.4 is 5.32 Å². The van der Waals surface area contributed by atoms with Crippen LogP contribution in [0.5, 0.6) is 0 Å². The smallest absolute Gasteiger partial charge is 0.147 e. The van der Waals surface area contributed by atoms with Gasteiger partial charge in [-0.1, -0.05) is 6.92 Å². The number of aryl methyl sites for hydroxylation is 1. The van der Waals surface area contributed by atoms with Gasteiger partial charge < -0.3 is 5.32 Å². The molecule has 0 aromatic carbocycles. The maximum absolute atomic E-state index is 4.36. The minimum absolute atomic E-state index is 0.618. The fourth-order valence-electron chi connectivity index (χ4n) is 3.72. The van der Waals surface area contributed by atoms with E-state index in [-0.39, 0.29) is 0 Å². The number of hydrogen-bond donors (Lipinski definition) is 1. The fraction of sp³-hybridized carbons (Fsp3) is 0.769. The zero-order chi connectivity index (χ0) is 11.2. The van der Waals surface area contributed by atoms with Gasteiger partial charge in [-0.15, -0.1) is 0 Å². The zero-order valence-electron chi connectivity index (χ0n) is 10.2. The highest BCUT2D eigenvalue weighted by Crippen LogP contribution is 2.57. The highest BCUT2D eigenvalue weighted by Gasteiger charge is 2.48. The maximum Gasteiger partial charge on any atom is 0.147 e. The first kappa shape index (κ1) is 10.2. The molecule has 1 N–H and O–H groups in total. The molecule has 3 rings (SSSR count). The Morgan fingerprint density at radius 3 is 3.06 bits per heavy atom. The quantitative estimate of drug-likeness (QED) is 0.847. The first-order valence-corrected chi connectivity index (χ1v) is 6.39. The first-order chi connectivity index (χ1) is 7.66. The van der Waals surface area contributed by atoms with E-state index < -0.39 is 0 Å². The van der Waals surface area contributed by atoms with E-state index >= 15 is 0 Å². The Hall–Kier alpha value is -0.990. The minimum Gasteiger partial charge on any atom is -0.368 e. The number of hydrogen-bond acceptors (Lipinski definition) is 2. The molecule has 0 amide bonds. The van der Waals surface area contributed by atoms with Crippen molar-refractivity contribution in [2.75, 3.05) is 11.9 Å². The van der Waals surface area contributed by atoms with Crippen molar-refractivity contribution < 1.29 is 0 Å². The van der Waals surface area contributed by atoms with Crippen LogP contribution in [-0.4, -0.2) is 16.3 Å². The Morgan fingerprint density at radius 1 is 1.62 bits per heavy atom. The fourth-order valence-corrected chi connectivity index (χ4v) is 3.72. The van der Waals surface area contributed by atoms with Crippen molar-refractivity contribution >= 4 is 5.82 Å². The maximum atomic E-state index is 4.36. The molecule has 0 saturated heterocycles. The largest absolute Gasteiger partial charge is 0.368 e. The molecule has 0 spiro atoms. The minimum atomic E-state index is 0.618. The van der Waals surface area contributed by atoms with Gasteiger partial charge in [-0.2, -0.15) is 5.10 Å². The number of fused-ring (bicyclic) bond motifs is 2. The summed E-state index contributed by atoms with van der Waals surface area (Å²) in [6, 6.07) is 2.05. The van der Waals surface area contributed by atoms with Gasteiger partial charge in [0.15, 0.2) is 0 Å². The van der Waals surface area contributed by atoms with Gasteiger partial charge in [0, 0.05) is 25.9 Å². The Kier molecular flexibility index (Phi) is 2.23. The molecular weight excluding hydrogens is 198 g/mol. The predicted molar refractivity (Wildman–Crippen MR) is 65.3 cm³/mol. The van der Waals surface area contributed by atoms with E-state index in [1.165, 1.54) is 25.7 Å². The summed E-state index contributed by atoms with van der Waals surface area (Å²) >= 11 is 0. The highest BCUT2D eigenvalue weighted by atomic mass is 15.3. The third kappa shape index (κ3) is 1.62. The van der Waals surface area contributed by atoms with Gasteiger partial charge in [-0.3, -0.25) is 4.68 Å². The van der Waals surface area contributed by atoms with Crippen LogP contribution in [0.2, 0.25) is 0 Å². The lowest BCUT2D eigenvalue weighted by molar-refractivity contribution is 0.221. The summed E-state index contributed by atoms with van der Waals surface area (Å²) < 4.78 is 1.85. The SMILES string of the molecule is Cn1ccc(NCC2C[C@@H]3CC[C@]2(C)C3)n1. The van der Waals surface area contributed by atoms with Crippen LogP contribution in [-0.2, 0) is 7.05 Å². The van der Waals surface area contributed by atoms with Crippen LogP contribution in [0.15, 0.2) is 12.3 Å². The Morgan fingerprint density at radius 2 is 2.50 bits per heavy atom. The van der Waals surface area contributed by atoms with Crippen LogP contribution in [0.1, 0.15) is 32.6 Å². The van der Waals surface area contributed by atoms with Crippen LogP contribution in [0.3, 0.4) is 0 Å². The van der Waals surface area contributed by atoms with E-state index in [0.29, 0.717) is 5.41 Å². The second-order valence-electron chi connectivity index (χ2n) is 5.95. The van der Waals surface area contributed by atoms with Gasteiger partial charge in [0.05, 0.1) is 0 Å². The molecule has 1 aromatic heterocycles. The highest BCUT2D eigenvalue weighted by molar-refractivity contribution is 5.32. The summed E-state index contributed by atoms with van der Waals surface area (Å²) in [5.41, 5.74) is 0.618. The third-order valence-electron chi connectivity index (χ3n) is 4.73. The average molecular weight is 219 g/mol. The van der Waals surface area contributed by atoms with Gasteiger partial charge in [0.25, 0.3) is 0 Å². The zero-order valence-corrected chi connectivity index (χ0v) is 10.2. The number of nitrogens with zero attached hydrogens (tertiary/aromatic N) is 2. The summed E-state index contributed by atoms with van der Waals surface area (Å²) in [7, 11) is 1.96. The van der Waals surface area contributed by atoms with Crippen molar-refractivity contribution in [3.8, 4) is 0 Å². The Bertz CT molecular complexity index is 384. The van der Waals surface area contributed by atoms with Crippen molar-refractivity contribution in [1.82, 2.24) is 9.78 Å². The molecule has 2 fully saturated rings. The molecule has 0 aliphatic heterocycles. The molecule has 2 aliphatic rings. The molecule has 2 bridgehead atoms. The normalized spacial score (nSPS) is 36.9. The van der Waals surface area contributed by atoms with E-state index in [4.69, 9.17) is 0 Å². The lowest BCUT2D eigenvalue weighted by Gasteiger charge is -2.31. The topological polar surface area (TPSA) is 29.9 Å². The predicted octanol–water partition coefficient (Wildman–Crippen LogP) is 2.66. The van der Waals surface area contributed by atoms with Crippen molar-refractivity contribution in [2.24, 2.45) is 24.3 Å². The second-order valence-corrected chi connectivity index (χ2v) is 5.95. The Balaban J connectivity index is 1.60. The van der Waals surface area contributed by atoms with Crippen LogP contribution in [0.4, 0.5) is 5.82 Å². The molecule has 3 heteroatoms. The summed E-state index contributed by atoms with van der Waals surface area (Å²) in [4.78, 5) is 0. The lowest BCUT2D eigenvalue weighted by Crippen LogP contribution is -2.28. The third-order valence-corrected chi connectivity index (χ3v) is 4.73. The van der Waals surface area contributed by atoms with E-state index in [1.54, 1.807) is 0 Å². The first-order valence-electron chi connectivity index (χ1n) is 6.39. The average Bonchev–Trinajstić information content (AvgIpc) is 2.88. The van der Waals surface area contributed by atoms with E-state index in [2.05, 4.69) is 23.4 Å². The molecule has 1 heterocycles. The van der Waals surface area contributed by atoms with Gasteiger partial charge in [-0.25, -0.2) is 0 Å². The molecule has 3 atom stereocenters. The summed E-state index contributed by atoms with van der Waals surface area (Å²) in [6.45, 7) is 3.58. The molecule has 2 saturated carbocycles. The number of anilines is 1.